The van der Waals surface area contributed by atoms with Crippen LogP contribution < -0.4 is 5.43 Å². The number of carbonyl (C=O) groups is 1. The third kappa shape index (κ3) is 2.21. The molecular formula is C12H14N2O2. The van der Waals surface area contributed by atoms with Gasteiger partial charge in [0.1, 0.15) is 0 Å². The number of amides is 1. The van der Waals surface area contributed by atoms with Crippen LogP contribution in [0.25, 0.3) is 0 Å². The fraction of sp³-hybridized carbons (Fsp3) is 0.333. The normalized spacial score (nSPS) is 16.7. The van der Waals surface area contributed by atoms with Gasteiger partial charge in [-0.15, -0.1) is 0 Å². The van der Waals surface area contributed by atoms with Gasteiger partial charge >= 0.3 is 6.09 Å². The van der Waals surface area contributed by atoms with Crippen LogP contribution in [0.3, 0.4) is 0 Å². The summed E-state index contributed by atoms with van der Waals surface area (Å²) in [7, 11) is 1.32. The molecule has 84 valence electrons. The Morgan fingerprint density at radius 3 is 3.00 bits per heavy atom. The van der Waals surface area contributed by atoms with Crippen molar-refractivity contribution in [3.8, 4) is 0 Å². The Morgan fingerprint density at radius 2 is 2.19 bits per heavy atom. The summed E-state index contributed by atoms with van der Waals surface area (Å²) in [6, 6.07) is 8.14. The average Bonchev–Trinajstić information content (AvgIpc) is 2.35. The molecule has 0 heterocycles. The highest BCUT2D eigenvalue weighted by atomic mass is 16.5. The molecule has 0 aromatic heterocycles. The maximum absolute atomic E-state index is 10.9. The number of ether oxygens (including phenoxy) is 1. The van der Waals surface area contributed by atoms with Crippen molar-refractivity contribution < 1.29 is 9.53 Å². The molecule has 0 radical (unpaired) electrons. The number of aryl methyl sites for hydroxylation is 1. The summed E-state index contributed by atoms with van der Waals surface area (Å²) < 4.78 is 4.47. The molecule has 1 N–H and O–H groups in total. The number of benzene rings is 1. The molecule has 1 aliphatic rings. The van der Waals surface area contributed by atoms with E-state index in [0.29, 0.717) is 0 Å². The van der Waals surface area contributed by atoms with Gasteiger partial charge in [0, 0.05) is 5.56 Å². The lowest BCUT2D eigenvalue weighted by atomic mass is 9.90. The van der Waals surface area contributed by atoms with Crippen molar-refractivity contribution >= 4 is 11.8 Å². The fourth-order valence-corrected chi connectivity index (χ4v) is 1.88. The Morgan fingerprint density at radius 1 is 1.38 bits per heavy atom. The highest BCUT2D eigenvalue weighted by molar-refractivity contribution is 6.02. The molecule has 1 amide bonds. The molecule has 1 aromatic rings. The van der Waals surface area contributed by atoms with Gasteiger partial charge in [-0.25, -0.2) is 10.2 Å². The van der Waals surface area contributed by atoms with Crippen LogP contribution in [0.2, 0.25) is 0 Å². The summed E-state index contributed by atoms with van der Waals surface area (Å²) in [6.45, 7) is 0. The van der Waals surface area contributed by atoms with E-state index in [1.54, 1.807) is 0 Å². The van der Waals surface area contributed by atoms with Crippen LogP contribution in [0.15, 0.2) is 29.4 Å². The molecule has 0 saturated carbocycles. The van der Waals surface area contributed by atoms with E-state index >= 15 is 0 Å². The quantitative estimate of drug-likeness (QED) is 0.734. The second kappa shape index (κ2) is 4.79. The van der Waals surface area contributed by atoms with Crippen LogP contribution in [0, 0.1) is 0 Å². The number of hydrazone groups is 1. The first-order valence-corrected chi connectivity index (χ1v) is 5.30. The summed E-state index contributed by atoms with van der Waals surface area (Å²) in [4.78, 5) is 10.9. The van der Waals surface area contributed by atoms with E-state index in [0.717, 1.165) is 30.5 Å². The predicted octanol–water partition coefficient (Wildman–Crippen LogP) is 2.08. The topological polar surface area (TPSA) is 50.7 Å². The first-order chi connectivity index (χ1) is 7.81. The third-order valence-electron chi connectivity index (χ3n) is 2.66. The first kappa shape index (κ1) is 10.7. The van der Waals surface area contributed by atoms with Gasteiger partial charge in [-0.3, -0.25) is 0 Å². The van der Waals surface area contributed by atoms with E-state index in [2.05, 4.69) is 21.3 Å². The van der Waals surface area contributed by atoms with Crippen molar-refractivity contribution in [1.29, 1.82) is 0 Å². The van der Waals surface area contributed by atoms with E-state index in [-0.39, 0.29) is 0 Å². The van der Waals surface area contributed by atoms with Crippen molar-refractivity contribution in [2.75, 3.05) is 7.11 Å². The summed E-state index contributed by atoms with van der Waals surface area (Å²) in [6.07, 6.45) is 2.50. The smallest absolute Gasteiger partial charge is 0.427 e. The maximum Gasteiger partial charge on any atom is 0.427 e. The second-order valence-corrected chi connectivity index (χ2v) is 3.67. The minimum Gasteiger partial charge on any atom is -0.452 e. The molecule has 0 aliphatic heterocycles. The van der Waals surface area contributed by atoms with E-state index in [1.807, 2.05) is 18.2 Å². The van der Waals surface area contributed by atoms with E-state index in [4.69, 9.17) is 0 Å². The molecule has 0 saturated heterocycles. The Hall–Kier alpha value is -1.84. The molecule has 1 aliphatic carbocycles. The summed E-state index contributed by atoms with van der Waals surface area (Å²) >= 11 is 0. The van der Waals surface area contributed by atoms with Gasteiger partial charge in [0.05, 0.1) is 12.8 Å². The fourth-order valence-electron chi connectivity index (χ4n) is 1.88. The summed E-state index contributed by atoms with van der Waals surface area (Å²) in [5.41, 5.74) is 5.71. The van der Waals surface area contributed by atoms with E-state index in [9.17, 15) is 4.79 Å². The molecule has 4 heteroatoms. The van der Waals surface area contributed by atoms with Crippen LogP contribution in [0.5, 0.6) is 0 Å². The van der Waals surface area contributed by atoms with Crippen molar-refractivity contribution in [3.05, 3.63) is 35.4 Å². The largest absolute Gasteiger partial charge is 0.452 e. The minimum absolute atomic E-state index is 0.532. The molecule has 16 heavy (non-hydrogen) atoms. The zero-order chi connectivity index (χ0) is 11.4. The number of fused-ring (bicyclic) bond motifs is 1. The standard InChI is InChI=1S/C12H14N2O2/c1-16-12(15)14-13-11-8-4-6-9-5-2-3-7-10(9)11/h2-3,5,7H,4,6,8H2,1H3,(H,14,15). The number of nitrogens with one attached hydrogen (secondary N) is 1. The first-order valence-electron chi connectivity index (χ1n) is 5.30. The van der Waals surface area contributed by atoms with Crippen LogP contribution in [0.1, 0.15) is 24.0 Å². The highest BCUT2D eigenvalue weighted by Crippen LogP contribution is 2.20. The SMILES string of the molecule is COC(=O)NN=C1CCCc2ccccc21. The third-order valence-corrected chi connectivity index (χ3v) is 2.66. The summed E-state index contributed by atoms with van der Waals surface area (Å²) in [5.74, 6) is 0. The number of nitrogens with zero attached hydrogens (tertiary/aromatic N) is 1. The Balaban J connectivity index is 2.21. The minimum atomic E-state index is -0.532. The zero-order valence-corrected chi connectivity index (χ0v) is 9.19. The maximum atomic E-state index is 10.9. The zero-order valence-electron chi connectivity index (χ0n) is 9.19. The molecule has 0 spiro atoms. The van der Waals surface area contributed by atoms with E-state index in [1.165, 1.54) is 12.7 Å². The van der Waals surface area contributed by atoms with Crippen molar-refractivity contribution in [2.24, 2.45) is 5.10 Å². The van der Waals surface area contributed by atoms with Crippen molar-refractivity contribution in [1.82, 2.24) is 5.43 Å². The molecule has 0 unspecified atom stereocenters. The molecular weight excluding hydrogens is 204 g/mol. The molecule has 4 nitrogen and oxygen atoms in total. The lowest BCUT2D eigenvalue weighted by Crippen LogP contribution is -2.21. The predicted molar refractivity (Wildman–Crippen MR) is 61.5 cm³/mol. The molecule has 0 bridgehead atoms. The van der Waals surface area contributed by atoms with Gasteiger partial charge in [-0.2, -0.15) is 5.10 Å². The van der Waals surface area contributed by atoms with Crippen LogP contribution >= 0.6 is 0 Å². The molecule has 0 fully saturated rings. The number of methoxy groups -OCH3 is 1. The number of hydrogen-bond acceptors (Lipinski definition) is 3. The summed E-state index contributed by atoms with van der Waals surface area (Å²) in [5, 5.41) is 4.09. The number of carbonyl (C=O) groups excluding carboxylic acids is 1. The molecule has 0 atom stereocenters. The van der Waals surface area contributed by atoms with Gasteiger partial charge in [-0.05, 0) is 24.8 Å². The average molecular weight is 218 g/mol. The van der Waals surface area contributed by atoms with Gasteiger partial charge in [0.2, 0.25) is 0 Å². The Bertz CT molecular complexity index is 427. The lowest BCUT2D eigenvalue weighted by Gasteiger charge is -2.17. The van der Waals surface area contributed by atoms with Gasteiger partial charge in [0.15, 0.2) is 0 Å². The molecule has 1 aromatic carbocycles. The van der Waals surface area contributed by atoms with E-state index < -0.39 is 6.09 Å². The Labute approximate surface area is 94.3 Å². The molecule has 2 rings (SSSR count). The monoisotopic (exact) mass is 218 g/mol. The van der Waals surface area contributed by atoms with Crippen molar-refractivity contribution in [2.45, 2.75) is 19.3 Å². The number of rotatable bonds is 1. The lowest BCUT2D eigenvalue weighted by molar-refractivity contribution is 0.171. The second-order valence-electron chi connectivity index (χ2n) is 3.67. The van der Waals surface area contributed by atoms with Crippen LogP contribution in [-0.2, 0) is 11.2 Å². The van der Waals surface area contributed by atoms with Crippen LogP contribution in [-0.4, -0.2) is 18.9 Å². The van der Waals surface area contributed by atoms with Crippen molar-refractivity contribution in [3.63, 3.8) is 0 Å². The highest BCUT2D eigenvalue weighted by Gasteiger charge is 2.14. The van der Waals surface area contributed by atoms with Crippen LogP contribution in [0.4, 0.5) is 4.79 Å². The van der Waals surface area contributed by atoms with Gasteiger partial charge < -0.3 is 4.74 Å². The number of hydrogen-bond donors (Lipinski definition) is 1. The van der Waals surface area contributed by atoms with Gasteiger partial charge in [0.25, 0.3) is 0 Å². The Kier molecular flexibility index (Phi) is 3.19. The van der Waals surface area contributed by atoms with Gasteiger partial charge in [-0.1, -0.05) is 24.3 Å².